The zero-order valence-corrected chi connectivity index (χ0v) is 19.9. The summed E-state index contributed by atoms with van der Waals surface area (Å²) in [5, 5.41) is 22.7. The van der Waals surface area contributed by atoms with Gasteiger partial charge in [-0.25, -0.2) is 0 Å². The lowest BCUT2D eigenvalue weighted by Gasteiger charge is -2.66. The summed E-state index contributed by atoms with van der Waals surface area (Å²) in [6.45, 7) is 8.24. The minimum Gasteiger partial charge on any atom is -0.458 e. The molecule has 0 heterocycles. The van der Waals surface area contributed by atoms with Gasteiger partial charge in [-0.3, -0.25) is 14.4 Å². The number of ketones is 1. The molecule has 32 heavy (non-hydrogen) atoms. The van der Waals surface area contributed by atoms with Gasteiger partial charge in [0, 0.05) is 31.1 Å². The molecule has 0 radical (unpaired) electrons. The Hall–Kier alpha value is -1.47. The lowest BCUT2D eigenvalue weighted by Crippen LogP contribution is -2.73. The van der Waals surface area contributed by atoms with Crippen LogP contribution in [0, 0.1) is 34.5 Å². The van der Waals surface area contributed by atoms with Gasteiger partial charge in [0.05, 0.1) is 11.7 Å². The van der Waals surface area contributed by atoms with Gasteiger partial charge < -0.3 is 19.7 Å². The predicted molar refractivity (Wildman–Crippen MR) is 115 cm³/mol. The Balaban J connectivity index is 1.90. The van der Waals surface area contributed by atoms with E-state index in [-0.39, 0.29) is 35.1 Å². The Labute approximate surface area is 190 Å². The van der Waals surface area contributed by atoms with E-state index in [4.69, 9.17) is 9.47 Å². The molecular formula is C25H38O7. The van der Waals surface area contributed by atoms with Crippen LogP contribution in [0.25, 0.3) is 0 Å². The molecule has 4 saturated carbocycles. The number of esters is 2. The topological polar surface area (TPSA) is 110 Å². The monoisotopic (exact) mass is 450 g/mol. The predicted octanol–water partition coefficient (Wildman–Crippen LogP) is 2.79. The standard InChI is InChI=1S/C25H38O7/c1-13(26)18-9-11-25(30)19-7-6-16-12-17(29)8-10-23(16,4)20(19)21(31-14(2)27)22(24(18,25)5)32-15(3)28/h16-22,29-30H,6-12H2,1-5H3/t16?,17-,18+,19+,20+,21-,22+,23-,24-,25-/m0/s1. The first-order valence-electron chi connectivity index (χ1n) is 12.1. The highest BCUT2D eigenvalue weighted by molar-refractivity contribution is 5.80. The maximum atomic E-state index is 12.7. The minimum absolute atomic E-state index is 0.0405. The number of carbonyl (C=O) groups is 3. The molecule has 10 atom stereocenters. The normalized spacial score (nSPS) is 49.9. The van der Waals surface area contributed by atoms with Gasteiger partial charge in [0.15, 0.2) is 0 Å². The molecule has 0 spiro atoms. The smallest absolute Gasteiger partial charge is 0.303 e. The van der Waals surface area contributed by atoms with E-state index >= 15 is 0 Å². The number of Topliss-reactive ketones (excluding diaryl/α,β-unsaturated/α-hetero) is 1. The average molecular weight is 451 g/mol. The number of ether oxygens (including phenoxy) is 2. The fourth-order valence-corrected chi connectivity index (χ4v) is 8.56. The summed E-state index contributed by atoms with van der Waals surface area (Å²) in [5.41, 5.74) is -2.51. The molecule has 1 unspecified atom stereocenters. The summed E-state index contributed by atoms with van der Waals surface area (Å²) in [5.74, 6) is -1.65. The molecule has 2 N–H and O–H groups in total. The minimum atomic E-state index is -1.20. The van der Waals surface area contributed by atoms with E-state index in [9.17, 15) is 24.6 Å². The number of aliphatic hydroxyl groups is 2. The first-order valence-corrected chi connectivity index (χ1v) is 12.1. The number of rotatable bonds is 3. The molecule has 0 aromatic heterocycles. The van der Waals surface area contributed by atoms with Crippen LogP contribution in [0.2, 0.25) is 0 Å². The molecule has 0 bridgehead atoms. The Morgan fingerprint density at radius 2 is 1.56 bits per heavy atom. The molecule has 4 fully saturated rings. The Morgan fingerprint density at radius 3 is 2.16 bits per heavy atom. The molecule has 0 aromatic rings. The molecular weight excluding hydrogens is 412 g/mol. The van der Waals surface area contributed by atoms with Crippen molar-refractivity contribution in [1.29, 1.82) is 0 Å². The summed E-state index contributed by atoms with van der Waals surface area (Å²) in [7, 11) is 0. The fourth-order valence-electron chi connectivity index (χ4n) is 8.56. The molecule has 180 valence electrons. The lowest BCUT2D eigenvalue weighted by molar-refractivity contribution is -0.290. The number of hydrogen-bond donors (Lipinski definition) is 2. The largest absolute Gasteiger partial charge is 0.458 e. The van der Waals surface area contributed by atoms with Crippen LogP contribution >= 0.6 is 0 Å². The van der Waals surface area contributed by atoms with Crippen LogP contribution in [0.15, 0.2) is 0 Å². The summed E-state index contributed by atoms with van der Waals surface area (Å²) < 4.78 is 11.8. The van der Waals surface area contributed by atoms with Crippen LogP contribution in [0.1, 0.15) is 79.6 Å². The Kier molecular flexibility index (Phi) is 5.77. The lowest BCUT2D eigenvalue weighted by atomic mass is 9.41. The Morgan fingerprint density at radius 1 is 0.906 bits per heavy atom. The SMILES string of the molecule is CC(=O)O[C@H]1[C@H]2[C@@H](CCC3C[C@@H](O)CC[C@@]32C)[C@@]2(O)CC[C@H](C(C)=O)[C@@]2(C)[C@@H]1OC(C)=O. The van der Waals surface area contributed by atoms with Crippen molar-refractivity contribution < 1.29 is 34.1 Å². The van der Waals surface area contributed by atoms with E-state index in [0.717, 1.165) is 19.3 Å². The van der Waals surface area contributed by atoms with Crippen molar-refractivity contribution in [2.75, 3.05) is 0 Å². The highest BCUT2D eigenvalue weighted by Gasteiger charge is 2.75. The number of aliphatic hydroxyl groups excluding tert-OH is 1. The maximum absolute atomic E-state index is 12.7. The van der Waals surface area contributed by atoms with Gasteiger partial charge in [-0.05, 0) is 69.1 Å². The van der Waals surface area contributed by atoms with Crippen molar-refractivity contribution in [3.63, 3.8) is 0 Å². The van der Waals surface area contributed by atoms with Gasteiger partial charge in [0.25, 0.3) is 0 Å². The van der Waals surface area contributed by atoms with Crippen LogP contribution in [0.5, 0.6) is 0 Å². The van der Waals surface area contributed by atoms with Crippen LogP contribution in [0.4, 0.5) is 0 Å². The molecule has 0 aliphatic heterocycles. The summed E-state index contributed by atoms with van der Waals surface area (Å²) in [4.78, 5) is 37.3. The van der Waals surface area contributed by atoms with Crippen molar-refractivity contribution in [3.8, 4) is 0 Å². The van der Waals surface area contributed by atoms with Crippen molar-refractivity contribution in [2.24, 2.45) is 34.5 Å². The number of hydrogen-bond acceptors (Lipinski definition) is 7. The van der Waals surface area contributed by atoms with Crippen LogP contribution in [0.3, 0.4) is 0 Å². The van der Waals surface area contributed by atoms with E-state index < -0.39 is 41.1 Å². The van der Waals surface area contributed by atoms with Crippen LogP contribution in [-0.4, -0.2) is 51.8 Å². The highest BCUT2D eigenvalue weighted by Crippen LogP contribution is 2.70. The molecule has 4 aliphatic rings. The quantitative estimate of drug-likeness (QED) is 0.636. The van der Waals surface area contributed by atoms with Gasteiger partial charge in [-0.15, -0.1) is 0 Å². The third kappa shape index (κ3) is 3.17. The summed E-state index contributed by atoms with van der Waals surface area (Å²) in [6.07, 6.45) is 2.71. The van der Waals surface area contributed by atoms with E-state index in [2.05, 4.69) is 6.92 Å². The maximum Gasteiger partial charge on any atom is 0.303 e. The van der Waals surface area contributed by atoms with Gasteiger partial charge in [-0.1, -0.05) is 13.8 Å². The molecule has 4 aliphatic carbocycles. The first kappa shape index (κ1) is 23.7. The van der Waals surface area contributed by atoms with Gasteiger partial charge >= 0.3 is 11.9 Å². The second-order valence-corrected chi connectivity index (χ2v) is 11.4. The summed E-state index contributed by atoms with van der Waals surface area (Å²) >= 11 is 0. The third-order valence-corrected chi connectivity index (χ3v) is 9.94. The molecule has 0 aromatic carbocycles. The second-order valence-electron chi connectivity index (χ2n) is 11.4. The molecule has 7 heteroatoms. The molecule has 7 nitrogen and oxygen atoms in total. The van der Waals surface area contributed by atoms with Crippen molar-refractivity contribution in [2.45, 2.75) is 103 Å². The van der Waals surface area contributed by atoms with Gasteiger partial charge in [0.2, 0.25) is 0 Å². The van der Waals surface area contributed by atoms with E-state index in [1.165, 1.54) is 20.8 Å². The Bertz CT molecular complexity index is 810. The zero-order chi connectivity index (χ0) is 23.6. The second kappa shape index (κ2) is 7.79. The molecule has 0 saturated heterocycles. The number of carbonyl (C=O) groups excluding carboxylic acids is 3. The van der Waals surface area contributed by atoms with E-state index in [1.54, 1.807) is 0 Å². The van der Waals surface area contributed by atoms with Gasteiger partial charge in [0.1, 0.15) is 18.0 Å². The van der Waals surface area contributed by atoms with Crippen molar-refractivity contribution in [3.05, 3.63) is 0 Å². The molecule has 0 amide bonds. The fraction of sp³-hybridized carbons (Fsp3) is 0.880. The van der Waals surface area contributed by atoms with Gasteiger partial charge in [-0.2, -0.15) is 0 Å². The average Bonchev–Trinajstić information content (AvgIpc) is 2.97. The first-order chi connectivity index (χ1) is 14.9. The number of fused-ring (bicyclic) bond motifs is 5. The van der Waals surface area contributed by atoms with Crippen molar-refractivity contribution >= 4 is 17.7 Å². The van der Waals surface area contributed by atoms with Crippen LogP contribution < -0.4 is 0 Å². The van der Waals surface area contributed by atoms with E-state index in [0.29, 0.717) is 25.7 Å². The highest BCUT2D eigenvalue weighted by atomic mass is 16.6. The summed E-state index contributed by atoms with van der Waals surface area (Å²) in [6, 6.07) is 0. The molecule has 4 rings (SSSR count). The van der Waals surface area contributed by atoms with Crippen LogP contribution in [-0.2, 0) is 23.9 Å². The van der Waals surface area contributed by atoms with E-state index in [1.807, 2.05) is 6.92 Å². The van der Waals surface area contributed by atoms with Crippen molar-refractivity contribution in [1.82, 2.24) is 0 Å². The third-order valence-electron chi connectivity index (χ3n) is 9.94. The zero-order valence-electron chi connectivity index (χ0n) is 19.9.